The molecule has 0 aliphatic rings. The van der Waals surface area contributed by atoms with Crippen molar-refractivity contribution in [3.63, 3.8) is 0 Å². The van der Waals surface area contributed by atoms with Gasteiger partial charge in [0.05, 0.1) is 0 Å². The van der Waals surface area contributed by atoms with Crippen LogP contribution in [0.3, 0.4) is 0 Å². The van der Waals surface area contributed by atoms with Crippen LogP contribution in [0.2, 0.25) is 0 Å². The molecule has 0 spiro atoms. The smallest absolute Gasteiger partial charge is 0.159 e. The van der Waals surface area contributed by atoms with E-state index in [1.807, 2.05) is 13.8 Å². The molecule has 0 saturated heterocycles. The molecule has 0 amide bonds. The molecule has 0 bridgehead atoms. The number of hydrogen-bond donors (Lipinski definition) is 2. The second kappa shape index (κ2) is 4.24. The first kappa shape index (κ1) is 12.1. The summed E-state index contributed by atoms with van der Waals surface area (Å²) in [5, 5.41) is 0. The molecular formula is C11H16F2N2. The Labute approximate surface area is 88.3 Å². The molecule has 1 atom stereocenters. The Kier molecular flexibility index (Phi) is 3.42. The van der Waals surface area contributed by atoms with Crippen molar-refractivity contribution >= 4 is 0 Å². The van der Waals surface area contributed by atoms with E-state index < -0.39 is 17.7 Å². The van der Waals surface area contributed by atoms with E-state index in [2.05, 4.69) is 0 Å². The van der Waals surface area contributed by atoms with Crippen molar-refractivity contribution in [1.82, 2.24) is 0 Å². The van der Waals surface area contributed by atoms with Gasteiger partial charge in [0.1, 0.15) is 0 Å². The highest BCUT2D eigenvalue weighted by Crippen LogP contribution is 2.30. The number of halogens is 2. The van der Waals surface area contributed by atoms with Gasteiger partial charge in [-0.2, -0.15) is 0 Å². The van der Waals surface area contributed by atoms with E-state index in [1.54, 1.807) is 0 Å². The molecule has 15 heavy (non-hydrogen) atoms. The number of hydrogen-bond acceptors (Lipinski definition) is 2. The molecule has 0 aliphatic carbocycles. The molecule has 0 aromatic heterocycles. The van der Waals surface area contributed by atoms with Crippen molar-refractivity contribution < 1.29 is 8.78 Å². The summed E-state index contributed by atoms with van der Waals surface area (Å²) >= 11 is 0. The summed E-state index contributed by atoms with van der Waals surface area (Å²) in [7, 11) is 0. The molecule has 4 N–H and O–H groups in total. The zero-order valence-electron chi connectivity index (χ0n) is 8.93. The van der Waals surface area contributed by atoms with Gasteiger partial charge in [-0.05, 0) is 29.7 Å². The summed E-state index contributed by atoms with van der Waals surface area (Å²) in [6.07, 6.45) is 0. The van der Waals surface area contributed by atoms with Crippen molar-refractivity contribution in [2.24, 2.45) is 16.9 Å². The fourth-order valence-corrected chi connectivity index (χ4v) is 1.28. The highest BCUT2D eigenvalue weighted by Gasteiger charge is 2.26. The summed E-state index contributed by atoms with van der Waals surface area (Å²) in [6.45, 7) is 4.16. The van der Waals surface area contributed by atoms with Crippen molar-refractivity contribution in [3.05, 3.63) is 35.4 Å². The molecule has 4 heteroatoms. The second-order valence-corrected chi connectivity index (χ2v) is 4.34. The molecule has 2 nitrogen and oxygen atoms in total. The van der Waals surface area contributed by atoms with Gasteiger partial charge in [-0.15, -0.1) is 0 Å². The minimum absolute atomic E-state index is 0.343. The van der Waals surface area contributed by atoms with Gasteiger partial charge in [-0.3, -0.25) is 0 Å². The van der Waals surface area contributed by atoms with Crippen molar-refractivity contribution in [1.29, 1.82) is 0 Å². The summed E-state index contributed by atoms with van der Waals surface area (Å²) < 4.78 is 25.7. The van der Waals surface area contributed by atoms with Crippen LogP contribution < -0.4 is 11.5 Å². The van der Waals surface area contributed by atoms with Crippen LogP contribution in [0.25, 0.3) is 0 Å². The lowest BCUT2D eigenvalue weighted by Crippen LogP contribution is -2.35. The van der Waals surface area contributed by atoms with E-state index in [-0.39, 0.29) is 5.41 Å². The third kappa shape index (κ3) is 2.52. The predicted octanol–water partition coefficient (Wildman–Crippen LogP) is 1.95. The normalized spacial score (nSPS) is 14.0. The summed E-state index contributed by atoms with van der Waals surface area (Å²) in [6, 6.07) is 3.28. The number of nitrogens with two attached hydrogens (primary N) is 2. The number of benzene rings is 1. The SMILES string of the molecule is CC(C)(CN)C(N)c1ccc(F)c(F)c1. The van der Waals surface area contributed by atoms with E-state index in [0.717, 1.165) is 12.1 Å². The molecule has 1 unspecified atom stereocenters. The van der Waals surface area contributed by atoms with Crippen LogP contribution in [0.15, 0.2) is 18.2 Å². The maximum absolute atomic E-state index is 13.0. The molecule has 0 fully saturated rings. The standard InChI is InChI=1S/C11H16F2N2/c1-11(2,6-14)10(15)7-3-4-8(12)9(13)5-7/h3-5,10H,6,14-15H2,1-2H3. The molecule has 0 heterocycles. The molecule has 0 saturated carbocycles. The van der Waals surface area contributed by atoms with E-state index in [9.17, 15) is 8.78 Å². The maximum atomic E-state index is 13.0. The highest BCUT2D eigenvalue weighted by molar-refractivity contribution is 5.22. The van der Waals surface area contributed by atoms with Gasteiger partial charge in [0.2, 0.25) is 0 Å². The Morgan fingerprint density at radius 1 is 1.27 bits per heavy atom. The first-order valence-corrected chi connectivity index (χ1v) is 4.79. The maximum Gasteiger partial charge on any atom is 0.159 e. The fourth-order valence-electron chi connectivity index (χ4n) is 1.28. The van der Waals surface area contributed by atoms with Gasteiger partial charge in [0.15, 0.2) is 11.6 Å². The summed E-state index contributed by atoms with van der Waals surface area (Å²) in [5.41, 5.74) is 11.7. The van der Waals surface area contributed by atoms with Gasteiger partial charge < -0.3 is 11.5 Å². The Morgan fingerprint density at radius 2 is 1.87 bits per heavy atom. The Morgan fingerprint density at radius 3 is 2.33 bits per heavy atom. The first-order valence-electron chi connectivity index (χ1n) is 4.79. The molecule has 1 rings (SSSR count). The second-order valence-electron chi connectivity index (χ2n) is 4.34. The van der Waals surface area contributed by atoms with Crippen LogP contribution in [-0.4, -0.2) is 6.54 Å². The minimum atomic E-state index is -0.879. The van der Waals surface area contributed by atoms with Crippen LogP contribution >= 0.6 is 0 Å². The quantitative estimate of drug-likeness (QED) is 0.808. The zero-order valence-corrected chi connectivity index (χ0v) is 8.93. The lowest BCUT2D eigenvalue weighted by atomic mass is 9.81. The van der Waals surface area contributed by atoms with Crippen LogP contribution in [0, 0.1) is 17.0 Å². The zero-order chi connectivity index (χ0) is 11.6. The van der Waals surface area contributed by atoms with Crippen LogP contribution in [0.4, 0.5) is 8.78 Å². The fraction of sp³-hybridized carbons (Fsp3) is 0.455. The Balaban J connectivity index is 3.02. The third-order valence-electron chi connectivity index (χ3n) is 2.67. The predicted molar refractivity (Wildman–Crippen MR) is 56.1 cm³/mol. The lowest BCUT2D eigenvalue weighted by molar-refractivity contribution is 0.300. The van der Waals surface area contributed by atoms with E-state index in [1.165, 1.54) is 6.07 Å². The molecule has 1 aromatic rings. The van der Waals surface area contributed by atoms with E-state index in [4.69, 9.17) is 11.5 Å². The van der Waals surface area contributed by atoms with Gasteiger partial charge in [-0.1, -0.05) is 19.9 Å². The van der Waals surface area contributed by atoms with Gasteiger partial charge in [0.25, 0.3) is 0 Å². The monoisotopic (exact) mass is 214 g/mol. The van der Waals surface area contributed by atoms with E-state index >= 15 is 0 Å². The average Bonchev–Trinajstić information content (AvgIpc) is 2.21. The molecule has 1 aromatic carbocycles. The Hall–Kier alpha value is -1.00. The van der Waals surface area contributed by atoms with Gasteiger partial charge in [0, 0.05) is 6.04 Å². The molecule has 0 aliphatic heterocycles. The van der Waals surface area contributed by atoms with Crippen molar-refractivity contribution in [3.8, 4) is 0 Å². The number of rotatable bonds is 3. The van der Waals surface area contributed by atoms with Crippen molar-refractivity contribution in [2.75, 3.05) is 6.54 Å². The third-order valence-corrected chi connectivity index (χ3v) is 2.67. The Bertz CT molecular complexity index is 350. The lowest BCUT2D eigenvalue weighted by Gasteiger charge is -2.30. The average molecular weight is 214 g/mol. The van der Waals surface area contributed by atoms with Gasteiger partial charge >= 0.3 is 0 Å². The molecule has 84 valence electrons. The van der Waals surface area contributed by atoms with Gasteiger partial charge in [-0.25, -0.2) is 8.78 Å². The minimum Gasteiger partial charge on any atom is -0.330 e. The summed E-state index contributed by atoms with van der Waals surface area (Å²) in [4.78, 5) is 0. The van der Waals surface area contributed by atoms with Crippen LogP contribution in [0.1, 0.15) is 25.5 Å². The molecular weight excluding hydrogens is 198 g/mol. The van der Waals surface area contributed by atoms with E-state index in [0.29, 0.717) is 12.1 Å². The summed E-state index contributed by atoms with van der Waals surface area (Å²) in [5.74, 6) is -1.74. The van der Waals surface area contributed by atoms with Crippen LogP contribution in [-0.2, 0) is 0 Å². The largest absolute Gasteiger partial charge is 0.330 e. The molecule has 0 radical (unpaired) electrons. The van der Waals surface area contributed by atoms with Crippen molar-refractivity contribution in [2.45, 2.75) is 19.9 Å². The highest BCUT2D eigenvalue weighted by atomic mass is 19.2. The first-order chi connectivity index (χ1) is 6.88. The van der Waals surface area contributed by atoms with Crippen LogP contribution in [0.5, 0.6) is 0 Å². The topological polar surface area (TPSA) is 52.0 Å².